The zero-order valence-corrected chi connectivity index (χ0v) is 15.3. The van der Waals surface area contributed by atoms with Crippen molar-refractivity contribution in [2.24, 2.45) is 5.41 Å². The first-order chi connectivity index (χ1) is 11.0. The van der Waals surface area contributed by atoms with E-state index in [1.165, 1.54) is 0 Å². The number of rotatable bonds is 3. The van der Waals surface area contributed by atoms with E-state index in [2.05, 4.69) is 0 Å². The van der Waals surface area contributed by atoms with Gasteiger partial charge >= 0.3 is 0 Å². The Morgan fingerprint density at radius 1 is 1.12 bits per heavy atom. The second-order valence-electron chi connectivity index (χ2n) is 8.16. The second-order valence-corrected chi connectivity index (χ2v) is 10.5. The molecule has 0 bridgehead atoms. The molecule has 1 aliphatic carbocycles. The molecule has 0 unspecified atom stereocenters. The molecule has 0 saturated carbocycles. The molecule has 1 saturated heterocycles. The Bertz CT molecular complexity index is 804. The third-order valence-corrected chi connectivity index (χ3v) is 7.43. The van der Waals surface area contributed by atoms with Crippen molar-refractivity contribution in [3.63, 3.8) is 0 Å². The molecule has 1 aliphatic heterocycles. The molecule has 0 spiro atoms. The summed E-state index contributed by atoms with van der Waals surface area (Å²) in [4.78, 5) is 24.9. The van der Waals surface area contributed by atoms with Crippen LogP contribution >= 0.6 is 0 Å². The molecule has 3 rings (SSSR count). The normalized spacial score (nSPS) is 23.7. The summed E-state index contributed by atoms with van der Waals surface area (Å²) in [6.45, 7) is 5.81. The summed E-state index contributed by atoms with van der Waals surface area (Å²) in [5.74, 6) is 0.562. The van der Waals surface area contributed by atoms with Gasteiger partial charge in [0.2, 0.25) is 0 Å². The van der Waals surface area contributed by atoms with E-state index in [1.54, 1.807) is 6.07 Å². The van der Waals surface area contributed by atoms with Gasteiger partial charge in [0.1, 0.15) is 15.6 Å². The van der Waals surface area contributed by atoms with E-state index in [9.17, 15) is 18.0 Å². The van der Waals surface area contributed by atoms with Crippen molar-refractivity contribution in [1.29, 1.82) is 0 Å². The van der Waals surface area contributed by atoms with Crippen LogP contribution in [0.2, 0.25) is 0 Å². The van der Waals surface area contributed by atoms with Crippen molar-refractivity contribution >= 4 is 21.4 Å². The maximum atomic E-state index is 12.7. The summed E-state index contributed by atoms with van der Waals surface area (Å²) in [6.07, 6.45) is 1.87. The average Bonchev–Trinajstić information content (AvgIpc) is 2.73. The molecule has 1 fully saturated rings. The zero-order chi connectivity index (χ0) is 17.8. The number of sulfone groups is 1. The largest absolute Gasteiger partial charge is 0.298 e. The molecular weight excluding hydrogens is 324 g/mol. The van der Waals surface area contributed by atoms with Gasteiger partial charge in [0, 0.05) is 23.8 Å². The van der Waals surface area contributed by atoms with Crippen molar-refractivity contribution in [1.82, 2.24) is 0 Å². The van der Waals surface area contributed by atoms with Crippen molar-refractivity contribution in [2.45, 2.75) is 51.9 Å². The van der Waals surface area contributed by atoms with Gasteiger partial charge < -0.3 is 0 Å². The molecule has 1 aromatic rings. The predicted molar refractivity (Wildman–Crippen MR) is 93.1 cm³/mol. The SMILES string of the molecule is CC1(CC(=O)c2ccc3c(c2)C(C)(C)C(=O)C3)CCS(=O)(=O)CC1. The first-order valence-corrected chi connectivity index (χ1v) is 10.2. The number of hydrogen-bond acceptors (Lipinski definition) is 4. The fraction of sp³-hybridized carbons (Fsp3) is 0.579. The molecule has 1 heterocycles. The zero-order valence-electron chi connectivity index (χ0n) is 14.5. The van der Waals surface area contributed by atoms with Crippen LogP contribution in [-0.4, -0.2) is 31.5 Å². The lowest BCUT2D eigenvalue weighted by molar-refractivity contribution is -0.121. The topological polar surface area (TPSA) is 68.3 Å². The number of benzene rings is 1. The van der Waals surface area contributed by atoms with E-state index in [1.807, 2.05) is 32.9 Å². The van der Waals surface area contributed by atoms with Gasteiger partial charge in [-0.05, 0) is 49.3 Å². The van der Waals surface area contributed by atoms with Crippen LogP contribution < -0.4 is 0 Å². The van der Waals surface area contributed by atoms with Crippen LogP contribution in [0.25, 0.3) is 0 Å². The predicted octanol–water partition coefficient (Wildman–Crippen LogP) is 2.88. The summed E-state index contributed by atoms with van der Waals surface area (Å²) in [6, 6.07) is 5.56. The summed E-state index contributed by atoms with van der Waals surface area (Å²) in [5.41, 5.74) is 1.80. The van der Waals surface area contributed by atoms with Crippen molar-refractivity contribution < 1.29 is 18.0 Å². The lowest BCUT2D eigenvalue weighted by Crippen LogP contribution is -2.33. The van der Waals surface area contributed by atoms with E-state index >= 15 is 0 Å². The summed E-state index contributed by atoms with van der Waals surface area (Å²) in [7, 11) is -2.93. The Labute approximate surface area is 143 Å². The number of ketones is 2. The fourth-order valence-electron chi connectivity index (χ4n) is 3.73. The molecule has 24 heavy (non-hydrogen) atoms. The maximum absolute atomic E-state index is 12.7. The van der Waals surface area contributed by atoms with Gasteiger partial charge in [0.05, 0.1) is 11.5 Å². The molecule has 1 aromatic carbocycles. The number of carbonyl (C=O) groups is 2. The highest BCUT2D eigenvalue weighted by Crippen LogP contribution is 2.39. The number of hydrogen-bond donors (Lipinski definition) is 0. The average molecular weight is 348 g/mol. The third-order valence-electron chi connectivity index (χ3n) is 5.77. The molecule has 2 aliphatic rings. The molecule has 5 heteroatoms. The molecule has 130 valence electrons. The first kappa shape index (κ1) is 17.3. The summed E-state index contributed by atoms with van der Waals surface area (Å²) >= 11 is 0. The number of fused-ring (bicyclic) bond motifs is 1. The smallest absolute Gasteiger partial charge is 0.163 e. The summed E-state index contributed by atoms with van der Waals surface area (Å²) in [5, 5.41) is 0. The van der Waals surface area contributed by atoms with E-state index in [-0.39, 0.29) is 28.5 Å². The van der Waals surface area contributed by atoms with Gasteiger partial charge in [0.25, 0.3) is 0 Å². The van der Waals surface area contributed by atoms with Crippen molar-refractivity contribution in [3.05, 3.63) is 34.9 Å². The van der Waals surface area contributed by atoms with Gasteiger partial charge in [-0.2, -0.15) is 0 Å². The molecule has 0 atom stereocenters. The van der Waals surface area contributed by atoms with Gasteiger partial charge in [0.15, 0.2) is 5.78 Å². The highest BCUT2D eigenvalue weighted by atomic mass is 32.2. The monoisotopic (exact) mass is 348 g/mol. The van der Waals surface area contributed by atoms with E-state index in [0.29, 0.717) is 31.2 Å². The minimum Gasteiger partial charge on any atom is -0.298 e. The highest BCUT2D eigenvalue weighted by molar-refractivity contribution is 7.91. The van der Waals surface area contributed by atoms with Crippen LogP contribution in [0.3, 0.4) is 0 Å². The van der Waals surface area contributed by atoms with E-state index < -0.39 is 15.3 Å². The van der Waals surface area contributed by atoms with Crippen LogP contribution in [-0.2, 0) is 26.5 Å². The van der Waals surface area contributed by atoms with Crippen LogP contribution in [0.4, 0.5) is 0 Å². The minimum absolute atomic E-state index is 0.0368. The quantitative estimate of drug-likeness (QED) is 0.788. The molecule has 0 radical (unpaired) electrons. The Balaban J connectivity index is 1.80. The van der Waals surface area contributed by atoms with Gasteiger partial charge in [-0.1, -0.05) is 19.1 Å². The van der Waals surface area contributed by atoms with Crippen molar-refractivity contribution in [3.8, 4) is 0 Å². The van der Waals surface area contributed by atoms with Gasteiger partial charge in [-0.15, -0.1) is 0 Å². The molecule has 0 amide bonds. The Morgan fingerprint density at radius 2 is 1.75 bits per heavy atom. The minimum atomic E-state index is -2.93. The number of Topliss-reactive ketones (excluding diaryl/α,β-unsaturated/α-hetero) is 2. The van der Waals surface area contributed by atoms with Gasteiger partial charge in [-0.25, -0.2) is 8.42 Å². The third kappa shape index (κ3) is 3.06. The molecule has 0 aromatic heterocycles. The molecule has 0 N–H and O–H groups in total. The lowest BCUT2D eigenvalue weighted by atomic mass is 9.78. The standard InChI is InChI=1S/C19H24O4S/c1-18(2)15-10-14(5-4-13(15)11-17(18)21)16(20)12-19(3)6-8-24(22,23)9-7-19/h4-5,10H,6-9,11-12H2,1-3H3. The van der Waals surface area contributed by atoms with Crippen LogP contribution in [0, 0.1) is 5.41 Å². The molecule has 4 nitrogen and oxygen atoms in total. The van der Waals surface area contributed by atoms with Gasteiger partial charge in [-0.3, -0.25) is 9.59 Å². The number of carbonyl (C=O) groups excluding carboxylic acids is 2. The maximum Gasteiger partial charge on any atom is 0.163 e. The van der Waals surface area contributed by atoms with Crippen LogP contribution in [0.1, 0.15) is 61.5 Å². The van der Waals surface area contributed by atoms with Crippen LogP contribution in [0.15, 0.2) is 18.2 Å². The lowest BCUT2D eigenvalue weighted by Gasteiger charge is -2.32. The Kier molecular flexibility index (Phi) is 3.98. The summed E-state index contributed by atoms with van der Waals surface area (Å²) < 4.78 is 23.2. The molecular formula is C19H24O4S. The Morgan fingerprint density at radius 3 is 2.38 bits per heavy atom. The van der Waals surface area contributed by atoms with E-state index in [0.717, 1.165) is 11.1 Å². The van der Waals surface area contributed by atoms with E-state index in [4.69, 9.17) is 0 Å². The first-order valence-electron chi connectivity index (χ1n) is 8.43. The second kappa shape index (κ2) is 5.51. The Hall–Kier alpha value is -1.49. The van der Waals surface area contributed by atoms with Crippen LogP contribution in [0.5, 0.6) is 0 Å². The highest BCUT2D eigenvalue weighted by Gasteiger charge is 2.39. The fourth-order valence-corrected chi connectivity index (χ4v) is 5.54. The van der Waals surface area contributed by atoms with Crippen molar-refractivity contribution in [2.75, 3.05) is 11.5 Å².